The van der Waals surface area contributed by atoms with Gasteiger partial charge in [-0.3, -0.25) is 4.79 Å². The molecule has 0 saturated carbocycles. The molecule has 0 saturated heterocycles. The van der Waals surface area contributed by atoms with Gasteiger partial charge in [-0.25, -0.2) is 9.78 Å². The number of ether oxygens (including phenoxy) is 1. The summed E-state index contributed by atoms with van der Waals surface area (Å²) in [5, 5.41) is 1.69. The quantitative estimate of drug-likeness (QED) is 0.795. The number of nitrogens with zero attached hydrogens (tertiary/aromatic N) is 2. The van der Waals surface area contributed by atoms with E-state index in [-0.39, 0.29) is 5.91 Å². The lowest BCUT2D eigenvalue weighted by molar-refractivity contribution is -0.146. The maximum absolute atomic E-state index is 12.6. The molecular formula is C15H14N2O3S. The molecule has 1 aromatic carbocycles. The third-order valence-electron chi connectivity index (χ3n) is 3.63. The Morgan fingerprint density at radius 3 is 2.76 bits per heavy atom. The van der Waals surface area contributed by atoms with Gasteiger partial charge in [0.25, 0.3) is 5.91 Å². The number of carbonyl (C=O) groups is 2. The summed E-state index contributed by atoms with van der Waals surface area (Å²) in [5.74, 6) is -0.630. The summed E-state index contributed by atoms with van der Waals surface area (Å²) in [6, 6.07) is 7.23. The molecule has 1 amide bonds. The summed E-state index contributed by atoms with van der Waals surface area (Å²) < 4.78 is 4.85. The Morgan fingerprint density at radius 2 is 2.10 bits per heavy atom. The van der Waals surface area contributed by atoms with Gasteiger partial charge in [0.1, 0.15) is 11.7 Å². The topological polar surface area (TPSA) is 59.5 Å². The molecular weight excluding hydrogens is 288 g/mol. The fourth-order valence-electron chi connectivity index (χ4n) is 2.55. The van der Waals surface area contributed by atoms with Crippen LogP contribution in [-0.2, 0) is 22.5 Å². The number of fused-ring (bicyclic) bond motifs is 1. The third-order valence-corrected chi connectivity index (χ3v) is 4.22. The number of thiazole rings is 1. The minimum atomic E-state index is -0.598. The molecule has 0 N–H and O–H groups in total. The normalized spacial score (nSPS) is 17.2. The van der Waals surface area contributed by atoms with E-state index in [0.717, 1.165) is 11.1 Å². The second-order valence-electron chi connectivity index (χ2n) is 4.82. The molecule has 1 aromatic heterocycles. The molecule has 2 aromatic rings. The van der Waals surface area contributed by atoms with E-state index in [0.29, 0.717) is 18.7 Å². The van der Waals surface area contributed by atoms with Gasteiger partial charge in [0.15, 0.2) is 0 Å². The van der Waals surface area contributed by atoms with Crippen molar-refractivity contribution < 1.29 is 14.3 Å². The third kappa shape index (κ3) is 2.54. The van der Waals surface area contributed by atoms with Crippen molar-refractivity contribution in [2.45, 2.75) is 19.0 Å². The summed E-state index contributed by atoms with van der Waals surface area (Å²) >= 11 is 1.36. The van der Waals surface area contributed by atoms with Crippen molar-refractivity contribution in [1.82, 2.24) is 9.88 Å². The smallest absolute Gasteiger partial charge is 0.328 e. The Balaban J connectivity index is 1.96. The molecule has 2 heterocycles. The predicted octanol–water partition coefficient (Wildman–Crippen LogP) is 1.88. The number of esters is 1. The number of methoxy groups -OCH3 is 1. The largest absolute Gasteiger partial charge is 0.467 e. The van der Waals surface area contributed by atoms with E-state index in [1.54, 1.807) is 15.8 Å². The number of aromatic nitrogens is 1. The first-order valence-electron chi connectivity index (χ1n) is 6.54. The fraction of sp³-hybridized carbons (Fsp3) is 0.267. The number of benzene rings is 1. The molecule has 1 aliphatic rings. The molecule has 0 aliphatic carbocycles. The lowest BCUT2D eigenvalue weighted by Gasteiger charge is -2.34. The highest BCUT2D eigenvalue weighted by Crippen LogP contribution is 2.25. The van der Waals surface area contributed by atoms with Gasteiger partial charge in [0.2, 0.25) is 0 Å². The van der Waals surface area contributed by atoms with Crippen LogP contribution >= 0.6 is 11.3 Å². The molecule has 0 radical (unpaired) electrons. The van der Waals surface area contributed by atoms with E-state index in [2.05, 4.69) is 4.98 Å². The second kappa shape index (κ2) is 5.65. The Labute approximate surface area is 126 Å². The molecule has 1 unspecified atom stereocenters. The zero-order chi connectivity index (χ0) is 14.8. The Hall–Kier alpha value is -2.21. The van der Waals surface area contributed by atoms with Gasteiger partial charge < -0.3 is 9.64 Å². The van der Waals surface area contributed by atoms with Crippen LogP contribution < -0.4 is 0 Å². The SMILES string of the molecule is COC(=O)C1Cc2ccccc2CN1C(=O)c1cscn1. The molecule has 5 nitrogen and oxygen atoms in total. The van der Waals surface area contributed by atoms with Crippen LogP contribution in [0.3, 0.4) is 0 Å². The van der Waals surface area contributed by atoms with Gasteiger partial charge in [-0.15, -0.1) is 11.3 Å². The van der Waals surface area contributed by atoms with Gasteiger partial charge in [-0.1, -0.05) is 24.3 Å². The molecule has 0 spiro atoms. The number of hydrogen-bond acceptors (Lipinski definition) is 5. The molecule has 1 atom stereocenters. The van der Waals surface area contributed by atoms with E-state index in [1.807, 2.05) is 24.3 Å². The van der Waals surface area contributed by atoms with Crippen LogP contribution in [0.4, 0.5) is 0 Å². The van der Waals surface area contributed by atoms with Gasteiger partial charge in [0, 0.05) is 18.3 Å². The summed E-state index contributed by atoms with van der Waals surface area (Å²) in [5.41, 5.74) is 4.11. The lowest BCUT2D eigenvalue weighted by Crippen LogP contribution is -2.49. The van der Waals surface area contributed by atoms with E-state index < -0.39 is 12.0 Å². The second-order valence-corrected chi connectivity index (χ2v) is 5.54. The van der Waals surface area contributed by atoms with Gasteiger partial charge in [-0.2, -0.15) is 0 Å². The minimum Gasteiger partial charge on any atom is -0.467 e. The minimum absolute atomic E-state index is 0.235. The summed E-state index contributed by atoms with van der Waals surface area (Å²) in [6.45, 7) is 0.395. The molecule has 21 heavy (non-hydrogen) atoms. The van der Waals surface area contributed by atoms with Crippen LogP contribution in [0.5, 0.6) is 0 Å². The van der Waals surface area contributed by atoms with Gasteiger partial charge in [0.05, 0.1) is 12.6 Å². The fourth-order valence-corrected chi connectivity index (χ4v) is 3.07. The summed E-state index contributed by atoms with van der Waals surface area (Å²) in [6.07, 6.45) is 0.471. The van der Waals surface area contributed by atoms with Crippen molar-refractivity contribution in [3.8, 4) is 0 Å². The summed E-state index contributed by atoms with van der Waals surface area (Å²) in [7, 11) is 1.34. The maximum Gasteiger partial charge on any atom is 0.328 e. The first-order valence-corrected chi connectivity index (χ1v) is 7.48. The first kappa shape index (κ1) is 13.8. The monoisotopic (exact) mass is 302 g/mol. The van der Waals surface area contributed by atoms with Crippen LogP contribution in [0.15, 0.2) is 35.2 Å². The highest BCUT2D eigenvalue weighted by molar-refractivity contribution is 7.07. The maximum atomic E-state index is 12.6. The van der Waals surface area contributed by atoms with Crippen LogP contribution in [0.1, 0.15) is 21.6 Å². The number of amides is 1. The van der Waals surface area contributed by atoms with Gasteiger partial charge >= 0.3 is 5.97 Å². The number of rotatable bonds is 2. The number of carbonyl (C=O) groups excluding carboxylic acids is 2. The Morgan fingerprint density at radius 1 is 1.33 bits per heavy atom. The standard InChI is InChI=1S/C15H14N2O3S/c1-20-15(19)13-6-10-4-2-3-5-11(10)7-17(13)14(18)12-8-21-9-16-12/h2-5,8-9,13H,6-7H2,1H3. The van der Waals surface area contributed by atoms with Crippen LogP contribution in [0, 0.1) is 0 Å². The Bertz CT molecular complexity index is 669. The van der Waals surface area contributed by atoms with E-state index in [9.17, 15) is 9.59 Å². The van der Waals surface area contributed by atoms with E-state index in [4.69, 9.17) is 4.74 Å². The highest BCUT2D eigenvalue weighted by atomic mass is 32.1. The first-order chi connectivity index (χ1) is 10.2. The average Bonchev–Trinajstić information content (AvgIpc) is 3.06. The zero-order valence-corrected chi connectivity index (χ0v) is 12.3. The van der Waals surface area contributed by atoms with Crippen molar-refractivity contribution in [3.05, 3.63) is 52.0 Å². The molecule has 0 bridgehead atoms. The van der Waals surface area contributed by atoms with Crippen molar-refractivity contribution >= 4 is 23.2 Å². The Kier molecular flexibility index (Phi) is 3.70. The van der Waals surface area contributed by atoms with Crippen molar-refractivity contribution in [2.24, 2.45) is 0 Å². The highest BCUT2D eigenvalue weighted by Gasteiger charge is 2.36. The van der Waals surface area contributed by atoms with Crippen molar-refractivity contribution in [3.63, 3.8) is 0 Å². The predicted molar refractivity (Wildman–Crippen MR) is 77.9 cm³/mol. The molecule has 0 fully saturated rings. The average molecular weight is 302 g/mol. The van der Waals surface area contributed by atoms with Crippen molar-refractivity contribution in [1.29, 1.82) is 0 Å². The molecule has 108 valence electrons. The van der Waals surface area contributed by atoms with Gasteiger partial charge in [-0.05, 0) is 11.1 Å². The van der Waals surface area contributed by atoms with Crippen LogP contribution in [0.2, 0.25) is 0 Å². The van der Waals surface area contributed by atoms with Crippen molar-refractivity contribution in [2.75, 3.05) is 7.11 Å². The number of hydrogen-bond donors (Lipinski definition) is 0. The van der Waals surface area contributed by atoms with Crippen LogP contribution in [-0.4, -0.2) is 34.9 Å². The molecule has 1 aliphatic heterocycles. The summed E-state index contributed by atoms with van der Waals surface area (Å²) in [4.78, 5) is 30.2. The van der Waals surface area contributed by atoms with E-state index in [1.165, 1.54) is 18.4 Å². The zero-order valence-electron chi connectivity index (χ0n) is 11.5. The molecule has 6 heteroatoms. The lowest BCUT2D eigenvalue weighted by atomic mass is 9.93. The molecule has 3 rings (SSSR count). The van der Waals surface area contributed by atoms with Crippen LogP contribution in [0.25, 0.3) is 0 Å². The van der Waals surface area contributed by atoms with E-state index >= 15 is 0 Å².